The fourth-order valence-corrected chi connectivity index (χ4v) is 4.13. The summed E-state index contributed by atoms with van der Waals surface area (Å²) < 4.78 is 27.1. The highest BCUT2D eigenvalue weighted by atomic mass is 32.2. The second-order valence-corrected chi connectivity index (χ2v) is 8.99. The molecule has 2 unspecified atom stereocenters. The number of carbonyl (C=O) groups is 1. The maximum atomic E-state index is 12.2. The Balaban J connectivity index is 1.64. The number of hydrogen-bond donors (Lipinski definition) is 2. The summed E-state index contributed by atoms with van der Waals surface area (Å²) in [7, 11) is -2.98. The van der Waals surface area contributed by atoms with Crippen molar-refractivity contribution in [2.45, 2.75) is 38.1 Å². The lowest BCUT2D eigenvalue weighted by Gasteiger charge is -2.43. The average molecular weight is 332 g/mol. The molecule has 0 heterocycles. The van der Waals surface area contributed by atoms with E-state index in [1.54, 1.807) is 0 Å². The van der Waals surface area contributed by atoms with Crippen LogP contribution in [0.5, 0.6) is 0 Å². The van der Waals surface area contributed by atoms with Crippen LogP contribution in [0.3, 0.4) is 0 Å². The van der Waals surface area contributed by atoms with E-state index in [-0.39, 0.29) is 30.2 Å². The van der Waals surface area contributed by atoms with Crippen molar-refractivity contribution in [3.8, 4) is 0 Å². The third kappa shape index (κ3) is 5.21. The number of carbonyl (C=O) groups excluding carboxylic acids is 1. The molecule has 0 radical (unpaired) electrons. The average Bonchev–Trinajstić information content (AvgIpc) is 2.41. The van der Waals surface area contributed by atoms with E-state index in [1.807, 2.05) is 0 Å². The lowest BCUT2D eigenvalue weighted by molar-refractivity contribution is -0.128. The molecule has 2 aliphatic carbocycles. The third-order valence-electron chi connectivity index (χ3n) is 4.93. The number of nitrogens with two attached hydrogens (primary N) is 1. The number of ether oxygens (including phenoxy) is 1. The van der Waals surface area contributed by atoms with E-state index in [1.165, 1.54) is 12.7 Å². The zero-order valence-electron chi connectivity index (χ0n) is 13.3. The van der Waals surface area contributed by atoms with Crippen molar-refractivity contribution < 1.29 is 17.9 Å². The normalized spacial score (nSPS) is 31.7. The Hall–Kier alpha value is -0.660. The molecular formula is C15H28N2O4S. The molecule has 2 saturated carbocycles. The summed E-state index contributed by atoms with van der Waals surface area (Å²) in [5, 5.41) is 2.90. The van der Waals surface area contributed by atoms with Gasteiger partial charge in [-0.05, 0) is 37.5 Å². The second kappa shape index (κ2) is 7.75. The van der Waals surface area contributed by atoms with Gasteiger partial charge in [0, 0.05) is 24.8 Å². The van der Waals surface area contributed by atoms with Crippen LogP contribution in [0.1, 0.15) is 32.1 Å². The number of amides is 1. The smallest absolute Gasteiger partial charge is 0.223 e. The van der Waals surface area contributed by atoms with Gasteiger partial charge in [0.15, 0.2) is 0 Å². The first-order chi connectivity index (χ1) is 10.4. The zero-order chi connectivity index (χ0) is 16.2. The highest BCUT2D eigenvalue weighted by Crippen LogP contribution is 2.41. The summed E-state index contributed by atoms with van der Waals surface area (Å²) in [6.45, 7) is 0.956. The summed E-state index contributed by atoms with van der Waals surface area (Å²) in [6, 6.07) is 0.275. The SMILES string of the molecule is CS(=O)(=O)CCOCCNC(=O)C1CC2CCCC(C1)C2N. The minimum atomic E-state index is -2.98. The Labute approximate surface area is 133 Å². The Bertz CT molecular complexity index is 466. The summed E-state index contributed by atoms with van der Waals surface area (Å²) in [6.07, 6.45) is 6.53. The van der Waals surface area contributed by atoms with E-state index in [4.69, 9.17) is 10.5 Å². The summed E-state index contributed by atoms with van der Waals surface area (Å²) in [4.78, 5) is 12.2. The van der Waals surface area contributed by atoms with Crippen LogP contribution in [0.25, 0.3) is 0 Å². The van der Waals surface area contributed by atoms with Crippen molar-refractivity contribution in [1.29, 1.82) is 0 Å². The summed E-state index contributed by atoms with van der Waals surface area (Å²) >= 11 is 0. The molecule has 128 valence electrons. The molecule has 2 atom stereocenters. The first-order valence-corrected chi connectivity index (χ1v) is 10.2. The molecule has 2 fully saturated rings. The van der Waals surface area contributed by atoms with Gasteiger partial charge in [0.05, 0.1) is 19.0 Å². The molecule has 0 spiro atoms. The van der Waals surface area contributed by atoms with Crippen molar-refractivity contribution in [2.75, 3.05) is 31.8 Å². The van der Waals surface area contributed by atoms with E-state index in [2.05, 4.69) is 5.32 Å². The lowest BCUT2D eigenvalue weighted by Crippen LogP contribution is -2.49. The molecule has 6 nitrogen and oxygen atoms in total. The molecule has 1 amide bonds. The Morgan fingerprint density at radius 3 is 2.45 bits per heavy atom. The van der Waals surface area contributed by atoms with Crippen LogP contribution in [0.2, 0.25) is 0 Å². The van der Waals surface area contributed by atoms with Gasteiger partial charge in [0.1, 0.15) is 9.84 Å². The fraction of sp³-hybridized carbons (Fsp3) is 0.933. The van der Waals surface area contributed by atoms with Crippen LogP contribution < -0.4 is 11.1 Å². The predicted molar refractivity (Wildman–Crippen MR) is 85.1 cm³/mol. The molecule has 0 aromatic rings. The first kappa shape index (κ1) is 17.7. The first-order valence-electron chi connectivity index (χ1n) is 8.15. The molecule has 2 rings (SSSR count). The Kier molecular flexibility index (Phi) is 6.23. The number of rotatable bonds is 7. The minimum Gasteiger partial charge on any atom is -0.379 e. The van der Waals surface area contributed by atoms with Crippen LogP contribution in [-0.4, -0.2) is 52.1 Å². The van der Waals surface area contributed by atoms with Crippen LogP contribution in [-0.2, 0) is 19.4 Å². The van der Waals surface area contributed by atoms with E-state index in [0.29, 0.717) is 25.0 Å². The van der Waals surface area contributed by atoms with Crippen LogP contribution in [0, 0.1) is 17.8 Å². The van der Waals surface area contributed by atoms with Crippen LogP contribution >= 0.6 is 0 Å². The Morgan fingerprint density at radius 1 is 1.23 bits per heavy atom. The van der Waals surface area contributed by atoms with Crippen molar-refractivity contribution >= 4 is 15.7 Å². The molecule has 2 bridgehead atoms. The number of sulfone groups is 1. The van der Waals surface area contributed by atoms with E-state index in [0.717, 1.165) is 25.7 Å². The number of hydrogen-bond acceptors (Lipinski definition) is 5. The van der Waals surface area contributed by atoms with Gasteiger partial charge in [-0.2, -0.15) is 0 Å². The Morgan fingerprint density at radius 2 is 1.86 bits per heavy atom. The highest BCUT2D eigenvalue weighted by molar-refractivity contribution is 7.90. The predicted octanol–water partition coefficient (Wildman–Crippen LogP) is 0.317. The van der Waals surface area contributed by atoms with Gasteiger partial charge in [-0.15, -0.1) is 0 Å². The molecule has 0 saturated heterocycles. The molecular weight excluding hydrogens is 304 g/mol. The summed E-state index contributed by atoms with van der Waals surface area (Å²) in [5.74, 6) is 1.18. The molecule has 0 aromatic carbocycles. The zero-order valence-corrected chi connectivity index (χ0v) is 14.1. The van der Waals surface area contributed by atoms with Crippen molar-refractivity contribution in [1.82, 2.24) is 5.32 Å². The molecule has 22 heavy (non-hydrogen) atoms. The topological polar surface area (TPSA) is 98.5 Å². The van der Waals surface area contributed by atoms with Crippen molar-refractivity contribution in [3.63, 3.8) is 0 Å². The van der Waals surface area contributed by atoms with Crippen LogP contribution in [0.15, 0.2) is 0 Å². The van der Waals surface area contributed by atoms with Gasteiger partial charge in [-0.3, -0.25) is 4.79 Å². The van der Waals surface area contributed by atoms with Gasteiger partial charge < -0.3 is 15.8 Å². The van der Waals surface area contributed by atoms with Gasteiger partial charge in [-0.1, -0.05) is 6.42 Å². The maximum absolute atomic E-state index is 12.2. The fourth-order valence-electron chi connectivity index (χ4n) is 3.71. The van der Waals surface area contributed by atoms with Crippen LogP contribution in [0.4, 0.5) is 0 Å². The molecule has 3 N–H and O–H groups in total. The van der Waals surface area contributed by atoms with Gasteiger partial charge in [0.2, 0.25) is 5.91 Å². The highest BCUT2D eigenvalue weighted by Gasteiger charge is 2.40. The molecule has 0 aliphatic heterocycles. The molecule has 2 aliphatic rings. The van der Waals surface area contributed by atoms with E-state index in [9.17, 15) is 13.2 Å². The van der Waals surface area contributed by atoms with E-state index >= 15 is 0 Å². The van der Waals surface area contributed by atoms with Gasteiger partial charge >= 0.3 is 0 Å². The van der Waals surface area contributed by atoms with Crippen molar-refractivity contribution in [3.05, 3.63) is 0 Å². The number of fused-ring (bicyclic) bond motifs is 2. The number of nitrogens with one attached hydrogen (secondary N) is 1. The molecule has 7 heteroatoms. The van der Waals surface area contributed by atoms with E-state index < -0.39 is 9.84 Å². The second-order valence-electron chi connectivity index (χ2n) is 6.73. The largest absolute Gasteiger partial charge is 0.379 e. The standard InChI is InChI=1S/C15H28N2O4S/c1-22(19,20)8-7-21-6-5-17-15(18)13-9-11-3-2-4-12(10-13)14(11)16/h11-14H,2-10,16H2,1H3,(H,17,18). The van der Waals surface area contributed by atoms with Gasteiger partial charge in [-0.25, -0.2) is 8.42 Å². The monoisotopic (exact) mass is 332 g/mol. The van der Waals surface area contributed by atoms with Crippen molar-refractivity contribution in [2.24, 2.45) is 23.5 Å². The van der Waals surface area contributed by atoms with Gasteiger partial charge in [0.25, 0.3) is 0 Å². The maximum Gasteiger partial charge on any atom is 0.223 e. The lowest BCUT2D eigenvalue weighted by atomic mass is 9.65. The molecule has 0 aromatic heterocycles. The quantitative estimate of drug-likeness (QED) is 0.654. The summed E-state index contributed by atoms with van der Waals surface area (Å²) in [5.41, 5.74) is 6.24. The third-order valence-corrected chi connectivity index (χ3v) is 5.84. The minimum absolute atomic E-state index is 0.0187.